The number of aliphatic hydroxyl groups excluding tert-OH is 1. The Morgan fingerprint density at radius 3 is 2.40 bits per heavy atom. The first-order valence-corrected chi connectivity index (χ1v) is 12.5. The van der Waals surface area contributed by atoms with Gasteiger partial charge in [-0.25, -0.2) is 4.79 Å². The molecule has 8 nitrogen and oxygen atoms in total. The molecule has 0 unspecified atom stereocenters. The number of amides is 2. The lowest BCUT2D eigenvalue weighted by Crippen LogP contribution is -2.36. The summed E-state index contributed by atoms with van der Waals surface area (Å²) in [7, 11) is 0. The highest BCUT2D eigenvalue weighted by Gasteiger charge is 2.38. The molecule has 1 aromatic heterocycles. The molecule has 4 rings (SSSR count). The molecule has 1 atom stereocenters. The van der Waals surface area contributed by atoms with E-state index in [0.717, 1.165) is 56.3 Å². The number of nitrogens with zero attached hydrogens (tertiary/aromatic N) is 5. The molecule has 1 saturated heterocycles. The number of hydrogen-bond donors (Lipinski definition) is 2. The standard InChI is InChI=1S/C27H34N6O2/c34-25(17-11-16-22-12-5-3-6-13-22)24-21-32(20-23-14-7-4-8-15-23)27(35)33(24)19-10-2-1-9-18-26-28-30-31-29-26/h3-8,12-15,17,24,34H,1-2,9-11,16,18-21H2,(H,28,29,30,31)/t24-/m0/s1. The van der Waals surface area contributed by atoms with Crippen LogP contribution in [-0.4, -0.2) is 60.7 Å². The molecule has 2 aromatic carbocycles. The van der Waals surface area contributed by atoms with E-state index < -0.39 is 0 Å². The van der Waals surface area contributed by atoms with E-state index in [-0.39, 0.29) is 12.1 Å². The van der Waals surface area contributed by atoms with Gasteiger partial charge in [-0.05, 0) is 42.9 Å². The number of nitrogens with one attached hydrogen (secondary N) is 1. The van der Waals surface area contributed by atoms with Gasteiger partial charge in [-0.1, -0.05) is 78.7 Å². The van der Waals surface area contributed by atoms with Crippen LogP contribution in [0.2, 0.25) is 0 Å². The van der Waals surface area contributed by atoms with Gasteiger partial charge in [-0.2, -0.15) is 5.21 Å². The summed E-state index contributed by atoms with van der Waals surface area (Å²) >= 11 is 0. The fraction of sp³-hybridized carbons (Fsp3) is 0.407. The van der Waals surface area contributed by atoms with Gasteiger partial charge in [0.2, 0.25) is 0 Å². The molecule has 0 aliphatic carbocycles. The van der Waals surface area contributed by atoms with Crippen molar-refractivity contribution < 1.29 is 9.90 Å². The molecular weight excluding hydrogens is 440 g/mol. The number of benzene rings is 2. The SMILES string of the molecule is O=C1N(Cc2ccccc2)C[C@@H](C(O)=CCCc2ccccc2)N1CCCCCCc1nn[nH]n1. The molecule has 2 amide bonds. The number of H-pyrrole nitrogens is 1. The largest absolute Gasteiger partial charge is 0.510 e. The Bertz CT molecular complexity index is 1060. The Hall–Kier alpha value is -3.68. The molecule has 8 heteroatoms. The maximum Gasteiger partial charge on any atom is 0.321 e. The van der Waals surface area contributed by atoms with Crippen LogP contribution in [-0.2, 0) is 19.4 Å². The number of unbranched alkanes of at least 4 members (excludes halogenated alkanes) is 3. The highest BCUT2D eigenvalue weighted by molar-refractivity contribution is 5.77. The average Bonchev–Trinajstić information content (AvgIpc) is 3.51. The summed E-state index contributed by atoms with van der Waals surface area (Å²) < 4.78 is 0. The molecule has 0 saturated carbocycles. The molecular formula is C27H34N6O2. The van der Waals surface area contributed by atoms with Crippen molar-refractivity contribution in [2.45, 2.75) is 57.5 Å². The van der Waals surface area contributed by atoms with Crippen LogP contribution in [0.4, 0.5) is 4.79 Å². The molecule has 3 aromatic rings. The lowest BCUT2D eigenvalue weighted by molar-refractivity contribution is 0.180. The van der Waals surface area contributed by atoms with Crippen LogP contribution >= 0.6 is 0 Å². The average molecular weight is 475 g/mol. The van der Waals surface area contributed by atoms with Gasteiger partial charge in [0.15, 0.2) is 5.82 Å². The van der Waals surface area contributed by atoms with Gasteiger partial charge in [-0.15, -0.1) is 10.2 Å². The molecule has 0 radical (unpaired) electrons. The maximum atomic E-state index is 13.3. The second-order valence-corrected chi connectivity index (χ2v) is 9.00. The fourth-order valence-electron chi connectivity index (χ4n) is 4.52. The smallest absolute Gasteiger partial charge is 0.321 e. The van der Waals surface area contributed by atoms with E-state index in [0.29, 0.717) is 25.4 Å². The number of allylic oxidation sites excluding steroid dienone is 1. The minimum absolute atomic E-state index is 0.00587. The lowest BCUT2D eigenvalue weighted by Gasteiger charge is -2.23. The summed E-state index contributed by atoms with van der Waals surface area (Å²) in [6.45, 7) is 1.68. The second-order valence-electron chi connectivity index (χ2n) is 9.00. The first kappa shape index (κ1) is 24.4. The summed E-state index contributed by atoms with van der Waals surface area (Å²) in [5, 5.41) is 25.0. The summed E-state index contributed by atoms with van der Waals surface area (Å²) in [4.78, 5) is 17.0. The van der Waals surface area contributed by atoms with Crippen LogP contribution in [0.5, 0.6) is 0 Å². The van der Waals surface area contributed by atoms with Gasteiger partial charge in [0.1, 0.15) is 11.8 Å². The maximum absolute atomic E-state index is 13.3. The van der Waals surface area contributed by atoms with Crippen molar-refractivity contribution >= 4 is 6.03 Å². The third-order valence-corrected chi connectivity index (χ3v) is 6.41. The number of urea groups is 1. The van der Waals surface area contributed by atoms with Crippen LogP contribution in [0.3, 0.4) is 0 Å². The zero-order valence-electron chi connectivity index (χ0n) is 20.1. The Morgan fingerprint density at radius 1 is 0.971 bits per heavy atom. The van der Waals surface area contributed by atoms with Gasteiger partial charge in [0, 0.05) is 19.5 Å². The van der Waals surface area contributed by atoms with Crippen molar-refractivity contribution in [2.24, 2.45) is 0 Å². The number of rotatable bonds is 13. The Kier molecular flexibility index (Phi) is 8.86. The number of tetrazole rings is 1. The zero-order valence-corrected chi connectivity index (χ0v) is 20.1. The van der Waals surface area contributed by atoms with E-state index in [9.17, 15) is 9.90 Å². The van der Waals surface area contributed by atoms with Gasteiger partial charge in [0.25, 0.3) is 0 Å². The molecule has 2 N–H and O–H groups in total. The molecule has 1 aliphatic heterocycles. The molecule has 184 valence electrons. The Balaban J connectivity index is 1.33. The third kappa shape index (κ3) is 7.15. The van der Waals surface area contributed by atoms with Crippen molar-refractivity contribution in [1.29, 1.82) is 0 Å². The Morgan fingerprint density at radius 2 is 1.69 bits per heavy atom. The monoisotopic (exact) mass is 474 g/mol. The van der Waals surface area contributed by atoms with Crippen molar-refractivity contribution in [3.05, 3.63) is 89.5 Å². The molecule has 35 heavy (non-hydrogen) atoms. The van der Waals surface area contributed by atoms with Gasteiger partial charge >= 0.3 is 6.03 Å². The second kappa shape index (κ2) is 12.7. The zero-order chi connectivity index (χ0) is 24.3. The normalized spacial score (nSPS) is 16.3. The summed E-state index contributed by atoms with van der Waals surface area (Å²) in [5.41, 5.74) is 2.33. The number of aryl methyl sites for hydroxylation is 2. The summed E-state index contributed by atoms with van der Waals surface area (Å²) in [6.07, 6.45) is 8.21. The van der Waals surface area contributed by atoms with Gasteiger partial charge < -0.3 is 14.9 Å². The number of aliphatic hydroxyl groups is 1. The molecule has 0 bridgehead atoms. The first-order valence-electron chi connectivity index (χ1n) is 12.5. The molecule has 1 fully saturated rings. The van der Waals surface area contributed by atoms with Gasteiger partial charge in [0.05, 0.1) is 6.54 Å². The van der Waals surface area contributed by atoms with Gasteiger partial charge in [-0.3, -0.25) is 0 Å². The van der Waals surface area contributed by atoms with E-state index in [1.807, 2.05) is 64.4 Å². The van der Waals surface area contributed by atoms with Crippen LogP contribution in [0.15, 0.2) is 72.5 Å². The van der Waals surface area contributed by atoms with E-state index in [1.54, 1.807) is 0 Å². The minimum atomic E-state index is -0.304. The van der Waals surface area contributed by atoms with Crippen molar-refractivity contribution in [3.63, 3.8) is 0 Å². The van der Waals surface area contributed by atoms with Crippen molar-refractivity contribution in [1.82, 2.24) is 30.4 Å². The van der Waals surface area contributed by atoms with E-state index in [1.165, 1.54) is 5.56 Å². The van der Waals surface area contributed by atoms with Crippen LogP contribution in [0.1, 0.15) is 49.1 Å². The lowest BCUT2D eigenvalue weighted by atomic mass is 10.1. The number of carbonyl (C=O) groups is 1. The number of aromatic amines is 1. The first-order chi connectivity index (χ1) is 17.2. The van der Waals surface area contributed by atoms with Crippen molar-refractivity contribution in [3.8, 4) is 0 Å². The quantitative estimate of drug-likeness (QED) is 0.277. The molecule has 0 spiro atoms. The van der Waals surface area contributed by atoms with Crippen LogP contribution in [0.25, 0.3) is 0 Å². The predicted octanol–water partition coefficient (Wildman–Crippen LogP) is 4.68. The highest BCUT2D eigenvalue weighted by atomic mass is 16.3. The third-order valence-electron chi connectivity index (χ3n) is 6.41. The van der Waals surface area contributed by atoms with Crippen LogP contribution < -0.4 is 0 Å². The van der Waals surface area contributed by atoms with E-state index >= 15 is 0 Å². The summed E-state index contributed by atoms with van der Waals surface area (Å²) in [6, 6.07) is 20.0. The predicted molar refractivity (Wildman–Crippen MR) is 135 cm³/mol. The minimum Gasteiger partial charge on any atom is -0.510 e. The van der Waals surface area contributed by atoms with Crippen molar-refractivity contribution in [2.75, 3.05) is 13.1 Å². The molecule has 1 aliphatic rings. The number of hydrogen-bond acceptors (Lipinski definition) is 5. The fourth-order valence-corrected chi connectivity index (χ4v) is 4.52. The Labute approximate surface area is 206 Å². The van der Waals surface area contributed by atoms with E-state index in [2.05, 4.69) is 32.8 Å². The van der Waals surface area contributed by atoms with Crippen LogP contribution in [0, 0.1) is 0 Å². The topological polar surface area (TPSA) is 98.2 Å². The number of aromatic nitrogens is 4. The molecule has 2 heterocycles. The van der Waals surface area contributed by atoms with E-state index in [4.69, 9.17) is 0 Å². The summed E-state index contributed by atoms with van der Waals surface area (Å²) in [5.74, 6) is 1.03. The highest BCUT2D eigenvalue weighted by Crippen LogP contribution is 2.24. The number of carbonyl (C=O) groups excluding carboxylic acids is 1.